The maximum absolute atomic E-state index is 5.69. The van der Waals surface area contributed by atoms with Crippen molar-refractivity contribution in [2.75, 3.05) is 5.73 Å². The first-order valence-electron chi connectivity index (χ1n) is 4.57. The van der Waals surface area contributed by atoms with Crippen molar-refractivity contribution < 1.29 is 0 Å². The quantitative estimate of drug-likeness (QED) is 0.631. The summed E-state index contributed by atoms with van der Waals surface area (Å²) in [6, 6.07) is 7.83. The van der Waals surface area contributed by atoms with Gasteiger partial charge in [-0.3, -0.25) is 0 Å². The molecule has 1 aromatic heterocycles. The first-order valence-corrected chi connectivity index (χ1v) is 5.55. The number of aryl methyl sites for hydroxylation is 1. The second-order valence-electron chi connectivity index (χ2n) is 3.22. The minimum absolute atomic E-state index is 0.790. The zero-order valence-electron chi connectivity index (χ0n) is 8.42. The van der Waals surface area contributed by atoms with E-state index < -0.39 is 0 Å². The van der Waals surface area contributed by atoms with Crippen LogP contribution in [0, 0.1) is 0 Å². The first kappa shape index (κ1) is 10.0. The number of rotatable bonds is 3. The van der Waals surface area contributed by atoms with Crippen molar-refractivity contribution >= 4 is 17.4 Å². The van der Waals surface area contributed by atoms with E-state index in [0.717, 1.165) is 22.2 Å². The Morgan fingerprint density at radius 1 is 1.47 bits per heavy atom. The van der Waals surface area contributed by atoms with Gasteiger partial charge in [0.25, 0.3) is 0 Å². The first-order chi connectivity index (χ1) is 7.25. The van der Waals surface area contributed by atoms with Crippen molar-refractivity contribution in [3.8, 4) is 0 Å². The average molecular weight is 220 g/mol. The summed E-state index contributed by atoms with van der Waals surface area (Å²) in [5.74, 6) is 1.77. The maximum Gasteiger partial charge on any atom is 0.142 e. The summed E-state index contributed by atoms with van der Waals surface area (Å²) in [7, 11) is 1.94. The molecule has 0 spiro atoms. The van der Waals surface area contributed by atoms with E-state index in [-0.39, 0.29) is 0 Å². The van der Waals surface area contributed by atoms with Gasteiger partial charge in [-0.2, -0.15) is 0 Å². The molecule has 0 radical (unpaired) electrons. The molecule has 2 aromatic rings. The van der Waals surface area contributed by atoms with E-state index in [1.54, 1.807) is 18.1 Å². The van der Waals surface area contributed by atoms with E-state index in [1.807, 2.05) is 35.9 Å². The number of aromatic nitrogens is 3. The fraction of sp³-hybridized carbons (Fsp3) is 0.200. The van der Waals surface area contributed by atoms with Crippen LogP contribution < -0.4 is 5.73 Å². The molecule has 0 unspecified atom stereocenters. The Balaban J connectivity index is 2.02. The van der Waals surface area contributed by atoms with Gasteiger partial charge in [0.05, 0.1) is 5.75 Å². The van der Waals surface area contributed by atoms with Crippen molar-refractivity contribution in [1.82, 2.24) is 14.8 Å². The van der Waals surface area contributed by atoms with E-state index in [1.165, 1.54) is 0 Å². The van der Waals surface area contributed by atoms with Gasteiger partial charge < -0.3 is 10.3 Å². The fourth-order valence-electron chi connectivity index (χ4n) is 1.19. The van der Waals surface area contributed by atoms with Gasteiger partial charge in [0.2, 0.25) is 0 Å². The zero-order valence-corrected chi connectivity index (χ0v) is 9.24. The van der Waals surface area contributed by atoms with E-state index in [9.17, 15) is 0 Å². The summed E-state index contributed by atoms with van der Waals surface area (Å²) in [5, 5.41) is 7.84. The standard InChI is InChI=1S/C10H12N4S/c1-14-7-12-13-10(14)6-15-9-4-2-3-8(11)5-9/h2-5,7H,6,11H2,1H3. The van der Waals surface area contributed by atoms with E-state index in [4.69, 9.17) is 5.73 Å². The van der Waals surface area contributed by atoms with Crippen molar-refractivity contribution in [2.45, 2.75) is 10.6 Å². The van der Waals surface area contributed by atoms with Crippen LogP contribution in [0.5, 0.6) is 0 Å². The monoisotopic (exact) mass is 220 g/mol. The Kier molecular flexibility index (Phi) is 2.91. The third kappa shape index (κ3) is 2.50. The number of nitrogen functional groups attached to an aromatic ring is 1. The number of thioether (sulfide) groups is 1. The third-order valence-electron chi connectivity index (χ3n) is 2.03. The summed E-state index contributed by atoms with van der Waals surface area (Å²) in [6.45, 7) is 0. The molecule has 0 saturated heterocycles. The van der Waals surface area contributed by atoms with Gasteiger partial charge in [-0.05, 0) is 18.2 Å². The summed E-state index contributed by atoms with van der Waals surface area (Å²) in [5.41, 5.74) is 6.48. The minimum atomic E-state index is 0.790. The van der Waals surface area contributed by atoms with Crippen LogP contribution in [0.1, 0.15) is 5.82 Å². The second kappa shape index (κ2) is 4.35. The van der Waals surface area contributed by atoms with E-state index in [2.05, 4.69) is 10.2 Å². The molecule has 0 aliphatic heterocycles. The molecule has 1 aromatic carbocycles. The molecule has 2 rings (SSSR count). The van der Waals surface area contributed by atoms with Crippen molar-refractivity contribution in [3.05, 3.63) is 36.4 Å². The number of anilines is 1. The van der Waals surface area contributed by atoms with Crippen LogP contribution in [-0.2, 0) is 12.8 Å². The van der Waals surface area contributed by atoms with Crippen LogP contribution in [0.2, 0.25) is 0 Å². The van der Waals surface area contributed by atoms with Crippen LogP contribution in [0.3, 0.4) is 0 Å². The predicted molar refractivity (Wildman–Crippen MR) is 61.4 cm³/mol. The highest BCUT2D eigenvalue weighted by molar-refractivity contribution is 7.98. The summed E-state index contributed by atoms with van der Waals surface area (Å²) < 4.78 is 1.92. The molecule has 0 saturated carbocycles. The van der Waals surface area contributed by atoms with Gasteiger partial charge in [-0.25, -0.2) is 0 Å². The molecule has 2 N–H and O–H groups in total. The Labute approximate surface area is 92.5 Å². The molecule has 0 fully saturated rings. The van der Waals surface area contributed by atoms with Crippen LogP contribution >= 0.6 is 11.8 Å². The number of hydrogen-bond acceptors (Lipinski definition) is 4. The summed E-state index contributed by atoms with van der Waals surface area (Å²) in [6.07, 6.45) is 1.70. The van der Waals surface area contributed by atoms with Gasteiger partial charge in [0.1, 0.15) is 12.2 Å². The molecule has 78 valence electrons. The number of nitrogens with zero attached hydrogens (tertiary/aromatic N) is 3. The molecule has 1 heterocycles. The highest BCUT2D eigenvalue weighted by atomic mass is 32.2. The SMILES string of the molecule is Cn1cnnc1CSc1cccc(N)c1. The number of hydrogen-bond donors (Lipinski definition) is 1. The van der Waals surface area contributed by atoms with Gasteiger partial charge in [-0.1, -0.05) is 6.07 Å². The van der Waals surface area contributed by atoms with Crippen LogP contribution in [-0.4, -0.2) is 14.8 Å². The van der Waals surface area contributed by atoms with Crippen LogP contribution in [0.15, 0.2) is 35.5 Å². The van der Waals surface area contributed by atoms with Crippen molar-refractivity contribution in [3.63, 3.8) is 0 Å². The lowest BCUT2D eigenvalue weighted by Crippen LogP contribution is -1.94. The molecule has 5 heteroatoms. The molecule has 0 aliphatic rings. The maximum atomic E-state index is 5.69. The average Bonchev–Trinajstić information content (AvgIpc) is 2.61. The van der Waals surface area contributed by atoms with Gasteiger partial charge in [0, 0.05) is 17.6 Å². The molecule has 0 amide bonds. The lowest BCUT2D eigenvalue weighted by Gasteiger charge is -2.01. The van der Waals surface area contributed by atoms with Gasteiger partial charge in [0.15, 0.2) is 0 Å². The third-order valence-corrected chi connectivity index (χ3v) is 3.02. The van der Waals surface area contributed by atoms with Gasteiger partial charge >= 0.3 is 0 Å². The fourth-order valence-corrected chi connectivity index (χ4v) is 2.14. The number of nitrogens with two attached hydrogens (primary N) is 1. The Morgan fingerprint density at radius 3 is 3.00 bits per heavy atom. The van der Waals surface area contributed by atoms with Crippen LogP contribution in [0.25, 0.3) is 0 Å². The van der Waals surface area contributed by atoms with E-state index in [0.29, 0.717) is 0 Å². The largest absolute Gasteiger partial charge is 0.399 e. The Morgan fingerprint density at radius 2 is 2.33 bits per heavy atom. The normalized spacial score (nSPS) is 10.5. The Hall–Kier alpha value is -1.49. The van der Waals surface area contributed by atoms with Crippen LogP contribution in [0.4, 0.5) is 5.69 Å². The van der Waals surface area contributed by atoms with Crippen molar-refractivity contribution in [2.24, 2.45) is 7.05 Å². The topological polar surface area (TPSA) is 56.7 Å². The second-order valence-corrected chi connectivity index (χ2v) is 4.27. The molecular formula is C10H12N4S. The zero-order chi connectivity index (χ0) is 10.7. The lowest BCUT2D eigenvalue weighted by molar-refractivity contribution is 0.849. The predicted octanol–water partition coefficient (Wildman–Crippen LogP) is 1.69. The number of benzene rings is 1. The summed E-state index contributed by atoms with van der Waals surface area (Å²) >= 11 is 1.70. The molecule has 0 atom stereocenters. The van der Waals surface area contributed by atoms with Crippen molar-refractivity contribution in [1.29, 1.82) is 0 Å². The Bertz CT molecular complexity index is 452. The lowest BCUT2D eigenvalue weighted by atomic mass is 10.3. The summed E-state index contributed by atoms with van der Waals surface area (Å²) in [4.78, 5) is 1.15. The minimum Gasteiger partial charge on any atom is -0.399 e. The van der Waals surface area contributed by atoms with Gasteiger partial charge in [-0.15, -0.1) is 22.0 Å². The molecule has 15 heavy (non-hydrogen) atoms. The molecule has 0 aliphatic carbocycles. The highest BCUT2D eigenvalue weighted by Gasteiger charge is 2.01. The molecular weight excluding hydrogens is 208 g/mol. The highest BCUT2D eigenvalue weighted by Crippen LogP contribution is 2.23. The molecule has 0 bridgehead atoms. The van der Waals surface area contributed by atoms with E-state index >= 15 is 0 Å². The smallest absolute Gasteiger partial charge is 0.142 e. The molecule has 4 nitrogen and oxygen atoms in total.